The molecule has 2 bridgehead atoms. The average molecular weight is 967 g/mol. The largest absolute Gasteiger partial charge is 0.456 e. The molecule has 3 rings (SSSR count). The molecule has 2 saturated carbocycles. The number of ketones is 1. The van der Waals surface area contributed by atoms with Crippen LogP contribution < -0.4 is 0 Å². The molecule has 0 heterocycles. The van der Waals surface area contributed by atoms with E-state index < -0.39 is 82.1 Å². The number of carbonyl (C=O) groups is 2. The van der Waals surface area contributed by atoms with Crippen LogP contribution in [0.15, 0.2) is 11.1 Å². The Labute approximate surface area is 297 Å². The molecule has 0 saturated heterocycles. The van der Waals surface area contributed by atoms with E-state index in [0.29, 0.717) is 5.57 Å². The summed E-state index contributed by atoms with van der Waals surface area (Å²) in [7, 11) is 1.41. The fourth-order valence-corrected chi connectivity index (χ4v) is 7.60. The second kappa shape index (κ2) is 12.6. The van der Waals surface area contributed by atoms with Crippen LogP contribution in [-0.2, 0) is 19.1 Å². The maximum atomic E-state index is 14.0. The summed E-state index contributed by atoms with van der Waals surface area (Å²) in [6, 6.07) is 0. The molecule has 3 aliphatic carbocycles. The van der Waals surface area contributed by atoms with E-state index in [0.717, 1.165) is 0 Å². The number of aliphatic hydroxyl groups is 5. The van der Waals surface area contributed by atoms with Crippen molar-refractivity contribution in [3.8, 4) is 0 Å². The van der Waals surface area contributed by atoms with E-state index in [1.807, 2.05) is 0 Å². The van der Waals surface area contributed by atoms with Gasteiger partial charge in [0.05, 0.1) is 28.8 Å². The van der Waals surface area contributed by atoms with Gasteiger partial charge in [-0.25, -0.2) is 4.79 Å². The molecule has 0 amide bonds. The minimum Gasteiger partial charge on any atom is -0.456 e. The molecule has 11 heteroatoms. The molecule has 2 radical (unpaired) electrons. The summed E-state index contributed by atoms with van der Waals surface area (Å²) in [5.41, 5.74) is -5.42. The number of ether oxygens (including phenoxy) is 2. The van der Waals surface area contributed by atoms with Gasteiger partial charge in [0.15, 0.2) is 11.9 Å². The molecular formula is C27H44Ac2O9. The molecule has 38 heavy (non-hydrogen) atoms. The van der Waals surface area contributed by atoms with Crippen molar-refractivity contribution in [2.24, 2.45) is 28.6 Å². The van der Waals surface area contributed by atoms with Crippen molar-refractivity contribution in [2.45, 2.75) is 110 Å². The van der Waals surface area contributed by atoms with Crippen molar-refractivity contribution in [1.29, 1.82) is 0 Å². The van der Waals surface area contributed by atoms with E-state index in [4.69, 9.17) is 9.47 Å². The Balaban J connectivity index is 0.00000361. The summed E-state index contributed by atoms with van der Waals surface area (Å²) < 4.78 is 11.2. The van der Waals surface area contributed by atoms with Crippen molar-refractivity contribution in [2.75, 3.05) is 7.11 Å². The van der Waals surface area contributed by atoms with Gasteiger partial charge in [0.1, 0.15) is 12.2 Å². The normalized spacial score (nSPS) is 43.2. The molecule has 2 fully saturated rings. The van der Waals surface area contributed by atoms with Crippen molar-refractivity contribution in [3.05, 3.63) is 11.1 Å². The Bertz CT molecular complexity index is 949. The van der Waals surface area contributed by atoms with Gasteiger partial charge in [-0.05, 0) is 43.8 Å². The Kier molecular flexibility index (Phi) is 12.5. The van der Waals surface area contributed by atoms with Crippen LogP contribution in [0, 0.1) is 117 Å². The summed E-state index contributed by atoms with van der Waals surface area (Å²) in [4.78, 5) is 26.7. The molecular weight excluding hydrogens is 922 g/mol. The average Bonchev–Trinajstić information content (AvgIpc) is 2.77. The van der Waals surface area contributed by atoms with Crippen molar-refractivity contribution in [1.82, 2.24) is 0 Å². The minimum atomic E-state index is -1.72. The zero-order chi connectivity index (χ0) is 27.8. The predicted molar refractivity (Wildman–Crippen MR) is 131 cm³/mol. The van der Waals surface area contributed by atoms with E-state index in [2.05, 4.69) is 0 Å². The Morgan fingerprint density at radius 3 is 2.08 bits per heavy atom. The fraction of sp³-hybridized carbons (Fsp3) is 0.852. The molecule has 0 aromatic heterocycles. The Morgan fingerprint density at radius 1 is 1.08 bits per heavy atom. The number of hydrogen-bond donors (Lipinski definition) is 5. The van der Waals surface area contributed by atoms with E-state index in [9.17, 15) is 35.1 Å². The first kappa shape index (κ1) is 37.5. The zero-order valence-electron chi connectivity index (χ0n) is 24.1. The third kappa shape index (κ3) is 5.49. The smallest absolute Gasteiger partial charge is 0.335 e. The summed E-state index contributed by atoms with van der Waals surface area (Å²) in [5, 5.41) is 57.2. The van der Waals surface area contributed by atoms with Crippen LogP contribution in [0.25, 0.3) is 0 Å². The van der Waals surface area contributed by atoms with Crippen molar-refractivity contribution in [3.63, 3.8) is 0 Å². The number of fused-ring (bicyclic) bond motifs is 3. The summed E-state index contributed by atoms with van der Waals surface area (Å²) >= 11 is 0. The van der Waals surface area contributed by atoms with E-state index in [1.165, 1.54) is 21.0 Å². The van der Waals surface area contributed by atoms with Gasteiger partial charge in [0.25, 0.3) is 0 Å². The molecule has 0 aliphatic heterocycles. The topological polar surface area (TPSA) is 154 Å². The maximum Gasteiger partial charge on any atom is 0.335 e. The number of hydrogen-bond acceptors (Lipinski definition) is 9. The van der Waals surface area contributed by atoms with Gasteiger partial charge in [0, 0.05) is 119 Å². The van der Waals surface area contributed by atoms with Crippen LogP contribution in [0.1, 0.15) is 68.2 Å². The van der Waals surface area contributed by atoms with Gasteiger partial charge in [0.2, 0.25) is 0 Å². The van der Waals surface area contributed by atoms with Crippen LogP contribution in [-0.4, -0.2) is 86.1 Å². The molecule has 212 valence electrons. The van der Waals surface area contributed by atoms with E-state index in [1.54, 1.807) is 41.5 Å². The van der Waals surface area contributed by atoms with Crippen LogP contribution in [0.2, 0.25) is 0 Å². The maximum absolute atomic E-state index is 14.0. The van der Waals surface area contributed by atoms with Crippen LogP contribution >= 0.6 is 0 Å². The third-order valence-electron chi connectivity index (χ3n) is 9.94. The molecule has 5 N–H and O–H groups in total. The minimum absolute atomic E-state index is 0. The van der Waals surface area contributed by atoms with Crippen molar-refractivity contribution < 1.29 is 133 Å². The number of rotatable bonds is 4. The third-order valence-corrected chi connectivity index (χ3v) is 9.94. The fourth-order valence-electron chi connectivity index (χ4n) is 7.60. The molecule has 0 spiro atoms. The molecule has 0 aromatic rings. The predicted octanol–water partition coefficient (Wildman–Crippen LogP) is 1.13. The quantitative estimate of drug-likeness (QED) is 0.206. The SMILES string of the molecule is COC1CC(O)[C@@]2(C)C(=O)C(O)C3=C(C)C(OC(=O)C(O)C(C)C)CC(O)([C@@H](C)C2[C@@]1(C)O)C3(C)C.[Ac].[Ac]. The molecule has 0 aromatic carbocycles. The van der Waals surface area contributed by atoms with Crippen LogP contribution in [0.5, 0.6) is 0 Å². The summed E-state index contributed by atoms with van der Waals surface area (Å²) in [6.45, 7) is 13.2. The first-order chi connectivity index (χ1) is 16.3. The van der Waals surface area contributed by atoms with Crippen molar-refractivity contribution >= 4 is 11.8 Å². The second-order valence-corrected chi connectivity index (χ2v) is 12.5. The first-order valence-corrected chi connectivity index (χ1v) is 12.8. The van der Waals surface area contributed by atoms with Gasteiger partial charge in [-0.2, -0.15) is 0 Å². The summed E-state index contributed by atoms with van der Waals surface area (Å²) in [6.07, 6.45) is -6.25. The number of esters is 1. The second-order valence-electron chi connectivity index (χ2n) is 12.5. The van der Waals surface area contributed by atoms with E-state index in [-0.39, 0.29) is 107 Å². The first-order valence-electron chi connectivity index (χ1n) is 12.8. The number of carbonyl (C=O) groups excluding carboxylic acids is 2. The van der Waals surface area contributed by atoms with Gasteiger partial charge in [-0.1, -0.05) is 34.6 Å². The molecule has 3 aliphatic rings. The molecule has 7 unspecified atom stereocenters. The molecule has 9 nitrogen and oxygen atoms in total. The zero-order valence-corrected chi connectivity index (χ0v) is 33.5. The standard InChI is InChI=1S/C27H44O9.2Ac/c1-12(2)19(29)23(32)36-15-11-27(34)14(4)21-25(7,16(28)10-17(35-9)26(21,8)33)22(31)20(30)18(13(15)3)24(27,5)6;;/h12,14-17,19-21,28-30,33-34H,10-11H2,1-9H3;;/t14-,15?,16?,17?,19?,20?,21?,25+,26-,27?;;/m0../s1. The van der Waals surface area contributed by atoms with Gasteiger partial charge in [-0.15, -0.1) is 0 Å². The Morgan fingerprint density at radius 2 is 1.61 bits per heavy atom. The van der Waals surface area contributed by atoms with E-state index >= 15 is 0 Å². The monoisotopic (exact) mass is 966 g/mol. The Hall–Kier alpha value is 1.52. The number of methoxy groups -OCH3 is 1. The molecule has 10 atom stereocenters. The number of Topliss-reactive ketones (excluding diaryl/α,β-unsaturated/α-hetero) is 1. The van der Waals surface area contributed by atoms with Crippen LogP contribution in [0.3, 0.4) is 0 Å². The summed E-state index contributed by atoms with van der Waals surface area (Å²) in [5.74, 6) is -3.74. The van der Waals surface area contributed by atoms with Gasteiger partial charge in [-0.3, -0.25) is 4.79 Å². The van der Waals surface area contributed by atoms with Gasteiger partial charge >= 0.3 is 5.97 Å². The number of aliphatic hydroxyl groups excluding tert-OH is 3. The van der Waals surface area contributed by atoms with Crippen LogP contribution in [0.4, 0.5) is 0 Å². The van der Waals surface area contributed by atoms with Gasteiger partial charge < -0.3 is 35.0 Å².